The number of unbranched alkanes of at least 4 members (excludes halogenated alkanes) is 6. The van der Waals surface area contributed by atoms with Gasteiger partial charge in [-0.1, -0.05) is 39.0 Å². The first-order valence-corrected chi connectivity index (χ1v) is 10.2. The van der Waals surface area contributed by atoms with Gasteiger partial charge in [0.1, 0.15) is 0 Å². The smallest absolute Gasteiger partial charge is 0.241 e. The molecule has 0 atom stereocenters. The van der Waals surface area contributed by atoms with Crippen LogP contribution >= 0.6 is 0 Å². The molecule has 0 saturated carbocycles. The van der Waals surface area contributed by atoms with Crippen molar-refractivity contribution in [2.24, 2.45) is 0 Å². The van der Waals surface area contributed by atoms with Crippen LogP contribution in [0.2, 0.25) is 19.6 Å². The van der Waals surface area contributed by atoms with Gasteiger partial charge in [0.2, 0.25) is 8.32 Å². The van der Waals surface area contributed by atoms with E-state index < -0.39 is 8.32 Å². The fraction of sp³-hybridized carbons (Fsp3) is 0.857. The molecule has 0 spiro atoms. The van der Waals surface area contributed by atoms with Crippen molar-refractivity contribution < 1.29 is 4.43 Å². The van der Waals surface area contributed by atoms with E-state index in [4.69, 9.17) is 4.43 Å². The van der Waals surface area contributed by atoms with Crippen molar-refractivity contribution in [1.82, 2.24) is 0 Å². The van der Waals surface area contributed by atoms with Crippen LogP contribution in [0.1, 0.15) is 58.8 Å². The molecule has 0 aliphatic rings. The average Bonchev–Trinajstić information content (AvgIpc) is 2.13. The molecule has 0 radical (unpaired) electrons. The van der Waals surface area contributed by atoms with E-state index in [1.54, 1.807) is 0 Å². The minimum Gasteiger partial charge on any atom is -0.548 e. The van der Waals surface area contributed by atoms with Gasteiger partial charge in [-0.3, -0.25) is 0 Å². The van der Waals surface area contributed by atoms with Crippen molar-refractivity contribution in [2.75, 3.05) is 0 Å². The molecular formula is C14H30OSi. The standard InChI is InChI=1S/C14H30OSi/c1-6-7-8-9-10-11-12-13-14(2)15-16(3,4)5/h13H,6-12H2,1-5H3. The van der Waals surface area contributed by atoms with Crippen molar-refractivity contribution in [3.05, 3.63) is 11.8 Å². The van der Waals surface area contributed by atoms with Gasteiger partial charge in [-0.05, 0) is 45.5 Å². The van der Waals surface area contributed by atoms with Gasteiger partial charge >= 0.3 is 0 Å². The SMILES string of the molecule is CCCCCCCCC=C(C)O[Si](C)(C)C. The van der Waals surface area contributed by atoms with Crippen LogP contribution in [0.4, 0.5) is 0 Å². The molecule has 16 heavy (non-hydrogen) atoms. The van der Waals surface area contributed by atoms with E-state index in [-0.39, 0.29) is 0 Å². The topological polar surface area (TPSA) is 9.23 Å². The second kappa shape index (κ2) is 8.86. The highest BCUT2D eigenvalue weighted by molar-refractivity contribution is 6.70. The van der Waals surface area contributed by atoms with Crippen molar-refractivity contribution in [2.45, 2.75) is 78.4 Å². The lowest BCUT2D eigenvalue weighted by atomic mass is 10.1. The molecule has 0 amide bonds. The third-order valence-corrected chi connectivity index (χ3v) is 3.39. The Balaban J connectivity index is 3.45. The minimum absolute atomic E-state index is 1.13. The van der Waals surface area contributed by atoms with Gasteiger partial charge in [-0.25, -0.2) is 0 Å². The van der Waals surface area contributed by atoms with E-state index in [1.165, 1.54) is 44.9 Å². The Morgan fingerprint density at radius 1 is 1.00 bits per heavy atom. The molecule has 1 nitrogen and oxygen atoms in total. The summed E-state index contributed by atoms with van der Waals surface area (Å²) < 4.78 is 5.88. The lowest BCUT2D eigenvalue weighted by Gasteiger charge is -2.19. The Labute approximate surface area is 103 Å². The summed E-state index contributed by atoms with van der Waals surface area (Å²) in [5.41, 5.74) is 0. The lowest BCUT2D eigenvalue weighted by molar-refractivity contribution is 0.420. The van der Waals surface area contributed by atoms with Crippen LogP contribution < -0.4 is 0 Å². The van der Waals surface area contributed by atoms with Gasteiger partial charge in [0.25, 0.3) is 0 Å². The molecule has 0 aliphatic heterocycles. The Morgan fingerprint density at radius 3 is 2.12 bits per heavy atom. The maximum atomic E-state index is 5.88. The van der Waals surface area contributed by atoms with E-state index in [2.05, 4.69) is 39.6 Å². The predicted octanol–water partition coefficient (Wildman–Crippen LogP) is 5.49. The molecule has 0 heterocycles. The zero-order valence-electron chi connectivity index (χ0n) is 11.9. The van der Waals surface area contributed by atoms with Gasteiger partial charge in [0.05, 0.1) is 5.76 Å². The van der Waals surface area contributed by atoms with Gasteiger partial charge in [0.15, 0.2) is 0 Å². The zero-order chi connectivity index (χ0) is 12.4. The van der Waals surface area contributed by atoms with Crippen LogP contribution in [0, 0.1) is 0 Å². The average molecular weight is 242 g/mol. The number of hydrogen-bond acceptors (Lipinski definition) is 1. The summed E-state index contributed by atoms with van der Waals surface area (Å²) in [7, 11) is -1.37. The first-order chi connectivity index (χ1) is 7.45. The molecule has 96 valence electrons. The highest BCUT2D eigenvalue weighted by Gasteiger charge is 2.15. The van der Waals surface area contributed by atoms with Crippen LogP contribution in [0.25, 0.3) is 0 Å². The maximum absolute atomic E-state index is 5.88. The monoisotopic (exact) mass is 242 g/mol. The van der Waals surface area contributed by atoms with Crippen LogP contribution in [-0.4, -0.2) is 8.32 Å². The fourth-order valence-electron chi connectivity index (χ4n) is 1.75. The van der Waals surface area contributed by atoms with Gasteiger partial charge < -0.3 is 4.43 Å². The van der Waals surface area contributed by atoms with Crippen LogP contribution in [0.5, 0.6) is 0 Å². The fourth-order valence-corrected chi connectivity index (χ4v) is 2.80. The summed E-state index contributed by atoms with van der Waals surface area (Å²) in [4.78, 5) is 0. The van der Waals surface area contributed by atoms with E-state index in [0.717, 1.165) is 5.76 Å². The van der Waals surface area contributed by atoms with E-state index in [1.807, 2.05) is 0 Å². The van der Waals surface area contributed by atoms with Gasteiger partial charge in [-0.2, -0.15) is 0 Å². The molecule has 0 aliphatic carbocycles. The summed E-state index contributed by atoms with van der Waals surface area (Å²) >= 11 is 0. The third-order valence-electron chi connectivity index (χ3n) is 2.46. The molecule has 0 aromatic rings. The largest absolute Gasteiger partial charge is 0.548 e. The first kappa shape index (κ1) is 15.8. The first-order valence-electron chi connectivity index (χ1n) is 6.81. The summed E-state index contributed by atoms with van der Waals surface area (Å²) in [6, 6.07) is 0. The van der Waals surface area contributed by atoms with Crippen LogP contribution in [-0.2, 0) is 4.43 Å². The molecule has 0 unspecified atom stereocenters. The van der Waals surface area contributed by atoms with E-state index in [0.29, 0.717) is 0 Å². The molecule has 0 aromatic carbocycles. The highest BCUT2D eigenvalue weighted by atomic mass is 28.4. The summed E-state index contributed by atoms with van der Waals surface area (Å²) in [6.07, 6.45) is 11.7. The van der Waals surface area contributed by atoms with Gasteiger partial charge in [-0.15, -0.1) is 0 Å². The van der Waals surface area contributed by atoms with Crippen LogP contribution in [0.3, 0.4) is 0 Å². The molecule has 0 rings (SSSR count). The Hall–Kier alpha value is -0.243. The van der Waals surface area contributed by atoms with E-state index in [9.17, 15) is 0 Å². The number of rotatable bonds is 9. The lowest BCUT2D eigenvalue weighted by Crippen LogP contribution is -2.24. The molecular weight excluding hydrogens is 212 g/mol. The Kier molecular flexibility index (Phi) is 8.72. The van der Waals surface area contributed by atoms with Crippen molar-refractivity contribution in [3.8, 4) is 0 Å². The van der Waals surface area contributed by atoms with Gasteiger partial charge in [0, 0.05) is 0 Å². The quantitative estimate of drug-likeness (QED) is 0.295. The molecule has 0 aromatic heterocycles. The van der Waals surface area contributed by atoms with Crippen molar-refractivity contribution in [3.63, 3.8) is 0 Å². The second-order valence-electron chi connectivity index (χ2n) is 5.59. The van der Waals surface area contributed by atoms with Crippen molar-refractivity contribution >= 4 is 8.32 Å². The Bertz CT molecular complexity index is 191. The normalized spacial score (nSPS) is 12.9. The molecule has 0 saturated heterocycles. The molecule has 0 N–H and O–H groups in total. The summed E-state index contributed by atoms with van der Waals surface area (Å²) in [5.74, 6) is 1.13. The maximum Gasteiger partial charge on any atom is 0.241 e. The zero-order valence-corrected chi connectivity index (χ0v) is 12.9. The number of hydrogen-bond donors (Lipinski definition) is 0. The molecule has 2 heteroatoms. The van der Waals surface area contributed by atoms with Crippen LogP contribution in [0.15, 0.2) is 11.8 Å². The van der Waals surface area contributed by atoms with Crippen molar-refractivity contribution in [1.29, 1.82) is 0 Å². The Morgan fingerprint density at radius 2 is 1.56 bits per heavy atom. The summed E-state index contributed by atoms with van der Waals surface area (Å²) in [6.45, 7) is 11.1. The predicted molar refractivity (Wildman–Crippen MR) is 76.2 cm³/mol. The highest BCUT2D eigenvalue weighted by Crippen LogP contribution is 2.12. The minimum atomic E-state index is -1.37. The number of allylic oxidation sites excluding steroid dienone is 2. The second-order valence-corrected chi connectivity index (χ2v) is 10.0. The third kappa shape index (κ3) is 11.8. The summed E-state index contributed by atoms with van der Waals surface area (Å²) in [5, 5.41) is 0. The molecule has 0 fully saturated rings. The van der Waals surface area contributed by atoms with E-state index >= 15 is 0 Å². The molecule has 0 bridgehead atoms.